The molecule has 24 heavy (non-hydrogen) atoms. The molecule has 2 aromatic rings. The van der Waals surface area contributed by atoms with Crippen LogP contribution in [0.25, 0.3) is 0 Å². The lowest BCUT2D eigenvalue weighted by Crippen LogP contribution is -2.49. The molecule has 2 heterocycles. The Morgan fingerprint density at radius 2 is 1.71 bits per heavy atom. The van der Waals surface area contributed by atoms with E-state index in [-0.39, 0.29) is 17.6 Å². The van der Waals surface area contributed by atoms with Gasteiger partial charge in [0.15, 0.2) is 0 Å². The van der Waals surface area contributed by atoms with Gasteiger partial charge in [-0.3, -0.25) is 9.78 Å². The van der Waals surface area contributed by atoms with Crippen LogP contribution in [0.3, 0.4) is 0 Å². The maximum Gasteiger partial charge on any atom is 0.223 e. The first-order chi connectivity index (χ1) is 11.6. The summed E-state index contributed by atoms with van der Waals surface area (Å²) >= 11 is 0. The van der Waals surface area contributed by atoms with Gasteiger partial charge in [0, 0.05) is 50.7 Å². The van der Waals surface area contributed by atoms with Crippen molar-refractivity contribution >= 4 is 11.6 Å². The van der Waals surface area contributed by atoms with Crippen LogP contribution in [0.15, 0.2) is 48.8 Å². The second-order valence-corrected chi connectivity index (χ2v) is 6.23. The predicted molar refractivity (Wildman–Crippen MR) is 92.5 cm³/mol. The number of rotatable bonds is 4. The van der Waals surface area contributed by atoms with Gasteiger partial charge in [0.1, 0.15) is 5.82 Å². The maximum atomic E-state index is 13.0. The second-order valence-electron chi connectivity index (χ2n) is 6.23. The van der Waals surface area contributed by atoms with E-state index in [1.165, 1.54) is 12.1 Å². The second kappa shape index (κ2) is 7.43. The lowest BCUT2D eigenvalue weighted by Gasteiger charge is -2.36. The van der Waals surface area contributed by atoms with E-state index >= 15 is 0 Å². The zero-order chi connectivity index (χ0) is 16.9. The Balaban J connectivity index is 1.52. The van der Waals surface area contributed by atoms with E-state index < -0.39 is 0 Å². The number of piperazine rings is 1. The maximum absolute atomic E-state index is 13.0. The number of aromatic nitrogens is 1. The fourth-order valence-electron chi connectivity index (χ4n) is 3.07. The minimum absolute atomic E-state index is 0.190. The van der Waals surface area contributed by atoms with Crippen LogP contribution in [-0.2, 0) is 4.79 Å². The summed E-state index contributed by atoms with van der Waals surface area (Å²) in [5.74, 6) is 0.159. The zero-order valence-corrected chi connectivity index (χ0v) is 13.9. The third-order valence-corrected chi connectivity index (χ3v) is 4.58. The van der Waals surface area contributed by atoms with Gasteiger partial charge in [-0.25, -0.2) is 4.39 Å². The average molecular weight is 327 g/mol. The van der Waals surface area contributed by atoms with Crippen LogP contribution < -0.4 is 4.90 Å². The molecule has 0 bridgehead atoms. The van der Waals surface area contributed by atoms with Crippen LogP contribution in [0.1, 0.15) is 24.8 Å². The summed E-state index contributed by atoms with van der Waals surface area (Å²) in [5, 5.41) is 0. The average Bonchev–Trinajstić information content (AvgIpc) is 2.63. The number of benzene rings is 1. The fourth-order valence-corrected chi connectivity index (χ4v) is 3.07. The fraction of sp³-hybridized carbons (Fsp3) is 0.368. The first-order valence-corrected chi connectivity index (χ1v) is 8.31. The molecule has 4 nitrogen and oxygen atoms in total. The molecule has 0 aliphatic carbocycles. The summed E-state index contributed by atoms with van der Waals surface area (Å²) in [6.07, 6.45) is 4.04. The van der Waals surface area contributed by atoms with Gasteiger partial charge >= 0.3 is 0 Å². The molecule has 1 amide bonds. The van der Waals surface area contributed by atoms with Crippen molar-refractivity contribution in [2.24, 2.45) is 0 Å². The number of carbonyl (C=O) groups is 1. The Morgan fingerprint density at radius 1 is 1.08 bits per heavy atom. The molecule has 1 aromatic carbocycles. The van der Waals surface area contributed by atoms with Gasteiger partial charge in [-0.05, 0) is 47.9 Å². The topological polar surface area (TPSA) is 36.4 Å². The summed E-state index contributed by atoms with van der Waals surface area (Å²) in [5.41, 5.74) is 2.15. The molecule has 1 aliphatic rings. The van der Waals surface area contributed by atoms with Crippen molar-refractivity contribution in [3.05, 3.63) is 60.2 Å². The first kappa shape index (κ1) is 16.4. The number of hydrogen-bond donors (Lipinski definition) is 0. The van der Waals surface area contributed by atoms with Crippen LogP contribution in [0, 0.1) is 5.82 Å². The van der Waals surface area contributed by atoms with E-state index in [4.69, 9.17) is 0 Å². The molecule has 1 atom stereocenters. The standard InChI is InChI=1S/C19H22FN3O/c1-15(16-6-8-21-9-7-16)14-19(24)23-12-10-22(11-13-23)18-4-2-17(20)3-5-18/h2-9,15H,10-14H2,1H3/t15-/m0/s1. The minimum Gasteiger partial charge on any atom is -0.368 e. The molecule has 1 fully saturated rings. The number of nitrogens with zero attached hydrogens (tertiary/aromatic N) is 3. The number of halogens is 1. The monoisotopic (exact) mass is 327 g/mol. The highest BCUT2D eigenvalue weighted by Crippen LogP contribution is 2.21. The number of pyridine rings is 1. The highest BCUT2D eigenvalue weighted by atomic mass is 19.1. The van der Waals surface area contributed by atoms with Crippen molar-refractivity contribution in [3.8, 4) is 0 Å². The summed E-state index contributed by atoms with van der Waals surface area (Å²) in [4.78, 5) is 20.6. The molecule has 126 valence electrons. The molecule has 0 N–H and O–H groups in total. The Hall–Kier alpha value is -2.43. The molecule has 1 aliphatic heterocycles. The van der Waals surface area contributed by atoms with Crippen molar-refractivity contribution in [1.29, 1.82) is 0 Å². The van der Waals surface area contributed by atoms with Crippen LogP contribution in [-0.4, -0.2) is 42.0 Å². The van der Waals surface area contributed by atoms with Crippen molar-refractivity contribution in [2.75, 3.05) is 31.1 Å². The highest BCUT2D eigenvalue weighted by molar-refractivity contribution is 5.77. The smallest absolute Gasteiger partial charge is 0.223 e. The van der Waals surface area contributed by atoms with Crippen molar-refractivity contribution in [3.63, 3.8) is 0 Å². The number of anilines is 1. The molecule has 1 aromatic heterocycles. The third-order valence-electron chi connectivity index (χ3n) is 4.58. The van der Waals surface area contributed by atoms with Gasteiger partial charge < -0.3 is 9.80 Å². The first-order valence-electron chi connectivity index (χ1n) is 8.31. The Kier molecular flexibility index (Phi) is 5.08. The summed E-state index contributed by atoms with van der Waals surface area (Å²) in [6, 6.07) is 10.5. The van der Waals surface area contributed by atoms with Crippen molar-refractivity contribution in [2.45, 2.75) is 19.3 Å². The van der Waals surface area contributed by atoms with E-state index in [9.17, 15) is 9.18 Å². The normalized spacial score (nSPS) is 16.1. The molecule has 0 saturated carbocycles. The molecule has 1 saturated heterocycles. The largest absolute Gasteiger partial charge is 0.368 e. The van der Waals surface area contributed by atoms with Gasteiger partial charge in [-0.1, -0.05) is 6.92 Å². The zero-order valence-electron chi connectivity index (χ0n) is 13.9. The summed E-state index contributed by atoms with van der Waals surface area (Å²) in [7, 11) is 0. The number of carbonyl (C=O) groups excluding carboxylic acids is 1. The summed E-state index contributed by atoms with van der Waals surface area (Å²) < 4.78 is 13.0. The van der Waals surface area contributed by atoms with Gasteiger partial charge in [0.25, 0.3) is 0 Å². The van der Waals surface area contributed by atoms with Gasteiger partial charge in [-0.2, -0.15) is 0 Å². The van der Waals surface area contributed by atoms with E-state index in [0.717, 1.165) is 24.3 Å². The van der Waals surface area contributed by atoms with Gasteiger partial charge in [-0.15, -0.1) is 0 Å². The van der Waals surface area contributed by atoms with E-state index in [1.807, 2.05) is 17.0 Å². The lowest BCUT2D eigenvalue weighted by atomic mass is 9.98. The molecule has 5 heteroatoms. The number of amides is 1. The third kappa shape index (κ3) is 3.91. The molecule has 0 radical (unpaired) electrons. The Morgan fingerprint density at radius 3 is 2.33 bits per heavy atom. The van der Waals surface area contributed by atoms with Crippen LogP contribution in [0.4, 0.5) is 10.1 Å². The van der Waals surface area contributed by atoms with Crippen LogP contribution >= 0.6 is 0 Å². The van der Waals surface area contributed by atoms with Crippen LogP contribution in [0.2, 0.25) is 0 Å². The van der Waals surface area contributed by atoms with E-state index in [0.29, 0.717) is 19.5 Å². The van der Waals surface area contributed by atoms with Crippen molar-refractivity contribution in [1.82, 2.24) is 9.88 Å². The SMILES string of the molecule is C[C@@H](CC(=O)N1CCN(c2ccc(F)cc2)CC1)c1ccncc1. The minimum atomic E-state index is -0.224. The van der Waals surface area contributed by atoms with E-state index in [2.05, 4.69) is 16.8 Å². The molecule has 0 spiro atoms. The van der Waals surface area contributed by atoms with Crippen LogP contribution in [0.5, 0.6) is 0 Å². The molecule has 0 unspecified atom stereocenters. The van der Waals surface area contributed by atoms with Gasteiger partial charge in [0.05, 0.1) is 0 Å². The quantitative estimate of drug-likeness (QED) is 0.866. The molecule has 3 rings (SSSR count). The number of hydrogen-bond acceptors (Lipinski definition) is 3. The highest BCUT2D eigenvalue weighted by Gasteiger charge is 2.23. The lowest BCUT2D eigenvalue weighted by molar-refractivity contribution is -0.131. The molecular weight excluding hydrogens is 305 g/mol. The Labute approximate surface area is 141 Å². The van der Waals surface area contributed by atoms with Gasteiger partial charge in [0.2, 0.25) is 5.91 Å². The Bertz CT molecular complexity index is 667. The van der Waals surface area contributed by atoms with E-state index in [1.54, 1.807) is 24.5 Å². The summed E-state index contributed by atoms with van der Waals surface area (Å²) in [6.45, 7) is 5.04. The molecular formula is C19H22FN3O. The van der Waals surface area contributed by atoms with Crippen molar-refractivity contribution < 1.29 is 9.18 Å². The predicted octanol–water partition coefficient (Wildman–Crippen LogP) is 3.06.